The summed E-state index contributed by atoms with van der Waals surface area (Å²) in [5.41, 5.74) is 6.07. The van der Waals surface area contributed by atoms with Crippen molar-refractivity contribution in [3.8, 4) is 0 Å². The number of nitrogens with zero attached hydrogens (tertiary/aromatic N) is 1. The Bertz CT molecular complexity index is 175. The van der Waals surface area contributed by atoms with Crippen molar-refractivity contribution in [3.63, 3.8) is 0 Å². The standard InChI is InChI=1S/C12H24N2/c1-14-8-7-11(13)9-12(14)10-5-3-2-4-6-10/h10-12H,2-9,13H2,1H3. The number of nitrogens with two attached hydrogens (primary N) is 1. The van der Waals surface area contributed by atoms with Gasteiger partial charge in [0.05, 0.1) is 0 Å². The molecule has 2 heteroatoms. The van der Waals surface area contributed by atoms with Crippen molar-refractivity contribution < 1.29 is 0 Å². The van der Waals surface area contributed by atoms with E-state index in [4.69, 9.17) is 5.73 Å². The fourth-order valence-corrected chi connectivity index (χ4v) is 3.21. The Morgan fingerprint density at radius 2 is 1.79 bits per heavy atom. The fraction of sp³-hybridized carbons (Fsp3) is 1.00. The number of piperidine rings is 1. The highest BCUT2D eigenvalue weighted by Gasteiger charge is 2.31. The van der Waals surface area contributed by atoms with Crippen LogP contribution in [0, 0.1) is 5.92 Å². The minimum Gasteiger partial charge on any atom is -0.328 e. The molecule has 1 saturated heterocycles. The molecule has 2 nitrogen and oxygen atoms in total. The minimum atomic E-state index is 0.470. The third kappa shape index (κ3) is 2.29. The highest BCUT2D eigenvalue weighted by atomic mass is 15.1. The van der Waals surface area contributed by atoms with Gasteiger partial charge in [-0.05, 0) is 45.2 Å². The summed E-state index contributed by atoms with van der Waals surface area (Å²) in [6, 6.07) is 1.26. The molecule has 0 aromatic heterocycles. The Labute approximate surface area is 87.8 Å². The second kappa shape index (κ2) is 4.63. The molecule has 2 rings (SSSR count). The van der Waals surface area contributed by atoms with E-state index < -0.39 is 0 Å². The zero-order valence-electron chi connectivity index (χ0n) is 9.41. The van der Waals surface area contributed by atoms with Crippen LogP contribution in [-0.4, -0.2) is 30.6 Å². The molecule has 1 heterocycles. The normalized spacial score (nSPS) is 37.3. The van der Waals surface area contributed by atoms with Gasteiger partial charge >= 0.3 is 0 Å². The van der Waals surface area contributed by atoms with Crippen LogP contribution in [0.3, 0.4) is 0 Å². The van der Waals surface area contributed by atoms with E-state index in [0.717, 1.165) is 12.0 Å². The van der Waals surface area contributed by atoms with Crippen LogP contribution in [0.5, 0.6) is 0 Å². The van der Waals surface area contributed by atoms with Crippen molar-refractivity contribution in [1.82, 2.24) is 4.90 Å². The van der Waals surface area contributed by atoms with E-state index >= 15 is 0 Å². The molecule has 0 amide bonds. The van der Waals surface area contributed by atoms with Gasteiger partial charge in [0.2, 0.25) is 0 Å². The molecule has 2 fully saturated rings. The maximum atomic E-state index is 6.07. The number of likely N-dealkylation sites (tertiary alicyclic amines) is 1. The molecule has 0 aromatic carbocycles. The molecule has 1 aliphatic heterocycles. The average Bonchev–Trinajstić information content (AvgIpc) is 2.23. The van der Waals surface area contributed by atoms with Crippen LogP contribution >= 0.6 is 0 Å². The highest BCUT2D eigenvalue weighted by Crippen LogP contribution is 2.32. The summed E-state index contributed by atoms with van der Waals surface area (Å²) in [4.78, 5) is 2.55. The lowest BCUT2D eigenvalue weighted by Crippen LogP contribution is -2.48. The van der Waals surface area contributed by atoms with Crippen molar-refractivity contribution in [2.24, 2.45) is 11.7 Å². The van der Waals surface area contributed by atoms with E-state index in [1.165, 1.54) is 51.5 Å². The van der Waals surface area contributed by atoms with Crippen LogP contribution in [0.25, 0.3) is 0 Å². The summed E-state index contributed by atoms with van der Waals surface area (Å²) in [6.45, 7) is 1.21. The zero-order valence-corrected chi connectivity index (χ0v) is 9.41. The minimum absolute atomic E-state index is 0.470. The molecule has 0 bridgehead atoms. The SMILES string of the molecule is CN1CCC(N)CC1C1CCCCC1. The maximum absolute atomic E-state index is 6.07. The van der Waals surface area contributed by atoms with Crippen LogP contribution in [-0.2, 0) is 0 Å². The van der Waals surface area contributed by atoms with E-state index in [1.807, 2.05) is 0 Å². The van der Waals surface area contributed by atoms with Crippen LogP contribution in [0.15, 0.2) is 0 Å². The summed E-state index contributed by atoms with van der Waals surface area (Å²) in [6.07, 6.45) is 9.68. The first-order valence-corrected chi connectivity index (χ1v) is 6.23. The maximum Gasteiger partial charge on any atom is 0.0135 e. The topological polar surface area (TPSA) is 29.3 Å². The fourth-order valence-electron chi connectivity index (χ4n) is 3.21. The molecular formula is C12H24N2. The third-order valence-electron chi connectivity index (χ3n) is 4.16. The smallest absolute Gasteiger partial charge is 0.0135 e. The Hall–Kier alpha value is -0.0800. The lowest BCUT2D eigenvalue weighted by Gasteiger charge is -2.42. The highest BCUT2D eigenvalue weighted by molar-refractivity contribution is 4.87. The molecular weight excluding hydrogens is 172 g/mol. The van der Waals surface area contributed by atoms with Gasteiger partial charge in [0.15, 0.2) is 0 Å². The van der Waals surface area contributed by atoms with Crippen molar-refractivity contribution in [1.29, 1.82) is 0 Å². The van der Waals surface area contributed by atoms with Gasteiger partial charge in [-0.15, -0.1) is 0 Å². The first-order chi connectivity index (χ1) is 6.77. The molecule has 0 aromatic rings. The molecule has 1 saturated carbocycles. The summed E-state index contributed by atoms with van der Waals surface area (Å²) in [5.74, 6) is 0.945. The van der Waals surface area contributed by atoms with Gasteiger partial charge in [-0.25, -0.2) is 0 Å². The summed E-state index contributed by atoms with van der Waals surface area (Å²) < 4.78 is 0. The molecule has 2 atom stereocenters. The molecule has 2 unspecified atom stereocenters. The molecule has 2 N–H and O–H groups in total. The van der Waals surface area contributed by atoms with Gasteiger partial charge < -0.3 is 10.6 Å². The quantitative estimate of drug-likeness (QED) is 0.695. The van der Waals surface area contributed by atoms with Gasteiger partial charge in [-0.2, -0.15) is 0 Å². The summed E-state index contributed by atoms with van der Waals surface area (Å²) >= 11 is 0. The second-order valence-electron chi connectivity index (χ2n) is 5.23. The summed E-state index contributed by atoms with van der Waals surface area (Å²) in [7, 11) is 2.28. The second-order valence-corrected chi connectivity index (χ2v) is 5.23. The Balaban J connectivity index is 1.92. The van der Waals surface area contributed by atoms with Gasteiger partial charge in [0.25, 0.3) is 0 Å². The first kappa shape index (κ1) is 10.4. The van der Waals surface area contributed by atoms with E-state index in [0.29, 0.717) is 6.04 Å². The molecule has 1 aliphatic carbocycles. The zero-order chi connectivity index (χ0) is 9.97. The molecule has 0 radical (unpaired) electrons. The van der Waals surface area contributed by atoms with Gasteiger partial charge in [-0.3, -0.25) is 0 Å². The Morgan fingerprint density at radius 1 is 1.07 bits per heavy atom. The Kier molecular flexibility index (Phi) is 3.45. The van der Waals surface area contributed by atoms with Crippen LogP contribution in [0.4, 0.5) is 0 Å². The lowest BCUT2D eigenvalue weighted by atomic mass is 9.79. The molecule has 82 valence electrons. The largest absolute Gasteiger partial charge is 0.328 e. The molecule has 14 heavy (non-hydrogen) atoms. The molecule has 0 spiro atoms. The predicted octanol–water partition coefficient (Wildman–Crippen LogP) is 1.99. The number of hydrogen-bond acceptors (Lipinski definition) is 2. The van der Waals surface area contributed by atoms with Gasteiger partial charge in [0.1, 0.15) is 0 Å². The van der Waals surface area contributed by atoms with Crippen molar-refractivity contribution in [2.75, 3.05) is 13.6 Å². The average molecular weight is 196 g/mol. The van der Waals surface area contributed by atoms with Crippen molar-refractivity contribution >= 4 is 0 Å². The van der Waals surface area contributed by atoms with E-state index in [1.54, 1.807) is 0 Å². The first-order valence-electron chi connectivity index (χ1n) is 6.23. The Morgan fingerprint density at radius 3 is 2.50 bits per heavy atom. The van der Waals surface area contributed by atoms with Crippen LogP contribution in [0.2, 0.25) is 0 Å². The van der Waals surface area contributed by atoms with Gasteiger partial charge in [-0.1, -0.05) is 19.3 Å². The van der Waals surface area contributed by atoms with Crippen molar-refractivity contribution in [3.05, 3.63) is 0 Å². The van der Waals surface area contributed by atoms with Crippen LogP contribution in [0.1, 0.15) is 44.9 Å². The van der Waals surface area contributed by atoms with Gasteiger partial charge in [0, 0.05) is 12.1 Å². The van der Waals surface area contributed by atoms with E-state index in [-0.39, 0.29) is 0 Å². The van der Waals surface area contributed by atoms with E-state index in [2.05, 4.69) is 11.9 Å². The third-order valence-corrected chi connectivity index (χ3v) is 4.16. The molecule has 2 aliphatic rings. The lowest BCUT2D eigenvalue weighted by molar-refractivity contribution is 0.0966. The van der Waals surface area contributed by atoms with Crippen LogP contribution < -0.4 is 5.73 Å². The van der Waals surface area contributed by atoms with Crippen molar-refractivity contribution in [2.45, 2.75) is 57.0 Å². The monoisotopic (exact) mass is 196 g/mol. The number of hydrogen-bond donors (Lipinski definition) is 1. The number of rotatable bonds is 1. The van der Waals surface area contributed by atoms with E-state index in [9.17, 15) is 0 Å². The summed E-state index contributed by atoms with van der Waals surface area (Å²) in [5, 5.41) is 0. The predicted molar refractivity (Wildman–Crippen MR) is 60.2 cm³/mol.